The lowest BCUT2D eigenvalue weighted by molar-refractivity contribution is 0.0923. The van der Waals surface area contributed by atoms with Crippen molar-refractivity contribution in [1.29, 1.82) is 0 Å². The van der Waals surface area contributed by atoms with E-state index in [1.54, 1.807) is 0 Å². The summed E-state index contributed by atoms with van der Waals surface area (Å²) in [5, 5.41) is 12.2. The average molecular weight is 346 g/mol. The first kappa shape index (κ1) is 17.2. The summed E-state index contributed by atoms with van der Waals surface area (Å²) in [4.78, 5) is 12.5. The third-order valence-corrected chi connectivity index (χ3v) is 5.53. The summed E-state index contributed by atoms with van der Waals surface area (Å²) in [6, 6.07) is 4.12. The highest BCUT2D eigenvalue weighted by atomic mass is 35.5. The number of benzene rings is 1. The van der Waals surface area contributed by atoms with Gasteiger partial charge in [0.1, 0.15) is 0 Å². The number of carbonyl (C=O) groups excluding carboxylic acids is 1. The van der Waals surface area contributed by atoms with Crippen molar-refractivity contribution in [3.05, 3.63) is 28.8 Å². The fourth-order valence-electron chi connectivity index (χ4n) is 2.89. The molecule has 1 saturated carbocycles. The van der Waals surface area contributed by atoms with E-state index in [0.717, 1.165) is 25.5 Å². The van der Waals surface area contributed by atoms with Gasteiger partial charge in [-0.25, -0.2) is 8.42 Å². The van der Waals surface area contributed by atoms with Gasteiger partial charge in [-0.15, -0.1) is 0 Å². The molecule has 0 heterocycles. The molecule has 22 heavy (non-hydrogen) atoms. The summed E-state index contributed by atoms with van der Waals surface area (Å²) in [5.74, 6) is -0.115. The van der Waals surface area contributed by atoms with Crippen LogP contribution in [0.1, 0.15) is 36.0 Å². The van der Waals surface area contributed by atoms with Gasteiger partial charge in [-0.1, -0.05) is 18.0 Å². The molecule has 0 saturated heterocycles. The van der Waals surface area contributed by atoms with E-state index in [1.165, 1.54) is 18.2 Å². The molecule has 1 aromatic carbocycles. The lowest BCUT2D eigenvalue weighted by Crippen LogP contribution is -2.37. The zero-order valence-corrected chi connectivity index (χ0v) is 14.0. The quantitative estimate of drug-likeness (QED) is 0.855. The van der Waals surface area contributed by atoms with Gasteiger partial charge in [0.05, 0.1) is 15.5 Å². The minimum absolute atomic E-state index is 0.00222. The number of halogens is 1. The zero-order valence-electron chi connectivity index (χ0n) is 12.4. The van der Waals surface area contributed by atoms with Crippen molar-refractivity contribution in [3.63, 3.8) is 0 Å². The van der Waals surface area contributed by atoms with Crippen LogP contribution in [-0.2, 0) is 9.84 Å². The molecule has 2 N–H and O–H groups in total. The van der Waals surface area contributed by atoms with Crippen molar-refractivity contribution < 1.29 is 18.3 Å². The number of hydrogen-bond acceptors (Lipinski definition) is 4. The van der Waals surface area contributed by atoms with E-state index in [2.05, 4.69) is 5.32 Å². The van der Waals surface area contributed by atoms with Crippen LogP contribution in [0.25, 0.3) is 0 Å². The van der Waals surface area contributed by atoms with Gasteiger partial charge in [-0.05, 0) is 43.4 Å². The van der Waals surface area contributed by atoms with Crippen molar-refractivity contribution in [1.82, 2.24) is 5.32 Å². The van der Waals surface area contributed by atoms with Crippen molar-refractivity contribution >= 4 is 27.3 Å². The molecule has 2 atom stereocenters. The second kappa shape index (κ2) is 6.98. The number of aliphatic hydroxyl groups is 1. The highest BCUT2D eigenvalue weighted by Gasteiger charge is 2.29. The Morgan fingerprint density at radius 3 is 2.77 bits per heavy atom. The predicted octanol–water partition coefficient (Wildman–Crippen LogP) is 2.02. The number of aliphatic hydroxyl groups excluding tert-OH is 1. The van der Waals surface area contributed by atoms with E-state index in [9.17, 15) is 13.2 Å². The van der Waals surface area contributed by atoms with Crippen LogP contribution in [0, 0.1) is 5.92 Å². The van der Waals surface area contributed by atoms with Crippen molar-refractivity contribution in [2.75, 3.05) is 12.9 Å². The minimum Gasteiger partial charge on any atom is -0.396 e. The molecule has 0 aliphatic heterocycles. The highest BCUT2D eigenvalue weighted by molar-refractivity contribution is 7.90. The Bertz CT molecular complexity index is 660. The van der Waals surface area contributed by atoms with E-state index in [-0.39, 0.29) is 40.0 Å². The molecule has 0 bridgehead atoms. The molecule has 7 heteroatoms. The van der Waals surface area contributed by atoms with Gasteiger partial charge >= 0.3 is 0 Å². The second-order valence-corrected chi connectivity index (χ2v) is 8.12. The lowest BCUT2D eigenvalue weighted by atomic mass is 9.99. The van der Waals surface area contributed by atoms with Crippen LogP contribution in [0.3, 0.4) is 0 Å². The van der Waals surface area contributed by atoms with Gasteiger partial charge in [0.25, 0.3) is 5.91 Å². The van der Waals surface area contributed by atoms with Crippen LogP contribution in [-0.4, -0.2) is 38.3 Å². The van der Waals surface area contributed by atoms with E-state index in [4.69, 9.17) is 16.7 Å². The van der Waals surface area contributed by atoms with E-state index >= 15 is 0 Å². The minimum atomic E-state index is -3.39. The van der Waals surface area contributed by atoms with Crippen LogP contribution in [0.4, 0.5) is 0 Å². The van der Waals surface area contributed by atoms with Gasteiger partial charge < -0.3 is 10.4 Å². The third kappa shape index (κ3) is 4.00. The van der Waals surface area contributed by atoms with Crippen LogP contribution in [0.2, 0.25) is 5.02 Å². The molecule has 0 unspecified atom stereocenters. The largest absolute Gasteiger partial charge is 0.396 e. The number of sulfone groups is 1. The van der Waals surface area contributed by atoms with Gasteiger partial charge in [-0.2, -0.15) is 0 Å². The number of carbonyl (C=O) groups is 1. The zero-order chi connectivity index (χ0) is 16.3. The maximum Gasteiger partial charge on any atom is 0.253 e. The number of rotatable bonds is 5. The first-order valence-corrected chi connectivity index (χ1v) is 9.51. The van der Waals surface area contributed by atoms with Crippen molar-refractivity contribution in [2.24, 2.45) is 5.92 Å². The van der Waals surface area contributed by atoms with E-state index < -0.39 is 9.84 Å². The molecule has 2 rings (SSSR count). The molecule has 0 radical (unpaired) electrons. The Balaban J connectivity index is 2.19. The number of hydrogen-bond donors (Lipinski definition) is 2. The standard InChI is InChI=1S/C15H20ClNO4S/c1-22(20,21)11-5-6-13(16)12(9-11)15(19)17-14-4-2-3-10(14)7-8-18/h5-6,9-10,14,18H,2-4,7-8H2,1H3,(H,17,19)/t10-,14-/m1/s1. The normalized spacial score (nSPS) is 21.8. The molecule has 1 fully saturated rings. The smallest absolute Gasteiger partial charge is 0.253 e. The fourth-order valence-corrected chi connectivity index (χ4v) is 3.74. The van der Waals surface area contributed by atoms with Crippen LogP contribution >= 0.6 is 11.6 Å². The molecule has 1 aliphatic rings. The first-order chi connectivity index (χ1) is 10.3. The summed E-state index contributed by atoms with van der Waals surface area (Å²) < 4.78 is 23.2. The average Bonchev–Trinajstić information content (AvgIpc) is 2.85. The van der Waals surface area contributed by atoms with Gasteiger partial charge in [-0.3, -0.25) is 4.79 Å². The van der Waals surface area contributed by atoms with Gasteiger partial charge in [0.2, 0.25) is 0 Å². The van der Waals surface area contributed by atoms with E-state index in [0.29, 0.717) is 6.42 Å². The van der Waals surface area contributed by atoms with Crippen LogP contribution in [0.15, 0.2) is 23.1 Å². The molecular formula is C15H20ClNO4S. The SMILES string of the molecule is CS(=O)(=O)c1ccc(Cl)c(C(=O)N[C@@H]2CCC[C@@H]2CCO)c1. The summed E-state index contributed by atoms with van der Waals surface area (Å²) in [6.07, 6.45) is 4.59. The molecule has 0 spiro atoms. The Kier molecular flexibility index (Phi) is 5.47. The summed E-state index contributed by atoms with van der Waals surface area (Å²) in [6.45, 7) is 0.0986. The first-order valence-electron chi connectivity index (χ1n) is 7.24. The van der Waals surface area contributed by atoms with Crippen molar-refractivity contribution in [2.45, 2.75) is 36.6 Å². The summed E-state index contributed by atoms with van der Waals surface area (Å²) >= 11 is 6.03. The number of nitrogens with one attached hydrogen (secondary N) is 1. The molecular weight excluding hydrogens is 326 g/mol. The third-order valence-electron chi connectivity index (χ3n) is 4.09. The van der Waals surface area contributed by atoms with Gasteiger partial charge in [0, 0.05) is 18.9 Å². The monoisotopic (exact) mass is 345 g/mol. The predicted molar refractivity (Wildman–Crippen MR) is 84.9 cm³/mol. The van der Waals surface area contributed by atoms with Crippen molar-refractivity contribution in [3.8, 4) is 0 Å². The molecule has 1 aromatic rings. The van der Waals surface area contributed by atoms with Crippen LogP contribution < -0.4 is 5.32 Å². The molecule has 0 aromatic heterocycles. The molecule has 1 aliphatic carbocycles. The van der Waals surface area contributed by atoms with Crippen LogP contribution in [0.5, 0.6) is 0 Å². The molecule has 1 amide bonds. The molecule has 5 nitrogen and oxygen atoms in total. The number of amides is 1. The topological polar surface area (TPSA) is 83.5 Å². The Hall–Kier alpha value is -1.11. The fraction of sp³-hybridized carbons (Fsp3) is 0.533. The lowest BCUT2D eigenvalue weighted by Gasteiger charge is -2.20. The summed E-state index contributed by atoms with van der Waals surface area (Å²) in [5.41, 5.74) is 0.166. The van der Waals surface area contributed by atoms with Gasteiger partial charge in [0.15, 0.2) is 9.84 Å². The van der Waals surface area contributed by atoms with E-state index in [1.807, 2.05) is 0 Å². The molecule has 122 valence electrons. The maximum atomic E-state index is 12.4. The Labute approximate surface area is 135 Å². The Morgan fingerprint density at radius 2 is 2.14 bits per heavy atom. The summed E-state index contributed by atoms with van der Waals surface area (Å²) in [7, 11) is -3.39. The Morgan fingerprint density at radius 1 is 1.41 bits per heavy atom. The highest BCUT2D eigenvalue weighted by Crippen LogP contribution is 2.29. The second-order valence-electron chi connectivity index (χ2n) is 5.70. The maximum absolute atomic E-state index is 12.4.